The maximum absolute atomic E-state index is 12.2. The molecule has 1 fully saturated rings. The van der Waals surface area contributed by atoms with Crippen molar-refractivity contribution in [1.82, 2.24) is 10.3 Å². The van der Waals surface area contributed by atoms with Crippen LogP contribution in [0, 0.1) is 5.41 Å². The van der Waals surface area contributed by atoms with E-state index >= 15 is 0 Å². The summed E-state index contributed by atoms with van der Waals surface area (Å²) in [6.07, 6.45) is 2.72. The lowest BCUT2D eigenvalue weighted by Gasteiger charge is -2.05. The molecule has 0 spiro atoms. The summed E-state index contributed by atoms with van der Waals surface area (Å²) in [4.78, 5) is 17.0. The molecule has 0 saturated heterocycles. The van der Waals surface area contributed by atoms with Crippen molar-refractivity contribution in [2.24, 2.45) is 5.41 Å². The highest BCUT2D eigenvalue weighted by Crippen LogP contribution is 2.45. The molecule has 0 bridgehead atoms. The summed E-state index contributed by atoms with van der Waals surface area (Å²) in [6.45, 7) is 4.29. The number of pyridine rings is 1. The fraction of sp³-hybridized carbons (Fsp3) is 0.385. The number of carbonyl (C=O) groups excluding carboxylic acids is 1. The number of nitrogens with one attached hydrogen (secondary N) is 1. The van der Waals surface area contributed by atoms with Gasteiger partial charge in [0.15, 0.2) is 0 Å². The van der Waals surface area contributed by atoms with Gasteiger partial charge in [-0.25, -0.2) is 0 Å². The van der Waals surface area contributed by atoms with Crippen LogP contribution in [0.1, 0.15) is 29.9 Å². The highest BCUT2D eigenvalue weighted by atomic mass is 32.1. The Morgan fingerprint density at radius 3 is 2.94 bits per heavy atom. The van der Waals surface area contributed by atoms with Crippen molar-refractivity contribution in [2.75, 3.05) is 5.73 Å². The zero-order valence-corrected chi connectivity index (χ0v) is 11.2. The average Bonchev–Trinajstić information content (AvgIpc) is 2.78. The van der Waals surface area contributed by atoms with Gasteiger partial charge in [-0.2, -0.15) is 0 Å². The minimum atomic E-state index is -0.0777. The molecule has 1 unspecified atom stereocenters. The number of nitrogens with zero attached hydrogens (tertiary/aromatic N) is 1. The smallest absolute Gasteiger partial charge is 0.263 e. The van der Waals surface area contributed by atoms with Gasteiger partial charge in [-0.3, -0.25) is 9.78 Å². The van der Waals surface area contributed by atoms with Crippen LogP contribution in [0.2, 0.25) is 0 Å². The second-order valence-corrected chi connectivity index (χ2v) is 6.47. The summed E-state index contributed by atoms with van der Waals surface area (Å²) in [5.41, 5.74) is 7.43. The van der Waals surface area contributed by atoms with E-state index in [1.807, 2.05) is 12.1 Å². The van der Waals surface area contributed by atoms with Gasteiger partial charge < -0.3 is 11.1 Å². The lowest BCUT2D eigenvalue weighted by atomic mass is 10.2. The molecule has 0 aliphatic heterocycles. The number of fused-ring (bicyclic) bond motifs is 1. The van der Waals surface area contributed by atoms with Crippen LogP contribution in [-0.4, -0.2) is 16.9 Å². The number of rotatable bonds is 2. The maximum atomic E-state index is 12.2. The first kappa shape index (κ1) is 11.5. The van der Waals surface area contributed by atoms with E-state index in [2.05, 4.69) is 24.1 Å². The Kier molecular flexibility index (Phi) is 2.35. The summed E-state index contributed by atoms with van der Waals surface area (Å²) in [7, 11) is 0. The number of amides is 1. The number of thiophene rings is 1. The molecule has 18 heavy (non-hydrogen) atoms. The number of aromatic nitrogens is 1. The zero-order chi connectivity index (χ0) is 12.9. The van der Waals surface area contributed by atoms with Gasteiger partial charge in [-0.05, 0) is 24.0 Å². The third-order valence-corrected chi connectivity index (χ3v) is 4.67. The second-order valence-electron chi connectivity index (χ2n) is 5.41. The lowest BCUT2D eigenvalue weighted by molar-refractivity contribution is 0.0951. The van der Waals surface area contributed by atoms with E-state index < -0.39 is 0 Å². The Bertz CT molecular complexity index is 632. The first-order valence-electron chi connectivity index (χ1n) is 5.93. The van der Waals surface area contributed by atoms with Gasteiger partial charge in [0, 0.05) is 12.2 Å². The van der Waals surface area contributed by atoms with E-state index in [0.29, 0.717) is 10.6 Å². The first-order valence-corrected chi connectivity index (χ1v) is 6.74. The third-order valence-electron chi connectivity index (χ3n) is 3.51. The van der Waals surface area contributed by atoms with Crippen LogP contribution in [0.5, 0.6) is 0 Å². The monoisotopic (exact) mass is 261 g/mol. The molecule has 3 N–H and O–H groups in total. The van der Waals surface area contributed by atoms with Crippen molar-refractivity contribution >= 4 is 33.1 Å². The van der Waals surface area contributed by atoms with Crippen LogP contribution in [0.25, 0.3) is 10.2 Å². The van der Waals surface area contributed by atoms with Gasteiger partial charge in [-0.1, -0.05) is 13.8 Å². The van der Waals surface area contributed by atoms with E-state index in [1.165, 1.54) is 11.3 Å². The van der Waals surface area contributed by atoms with Crippen molar-refractivity contribution in [3.8, 4) is 0 Å². The molecule has 2 aromatic rings. The Morgan fingerprint density at radius 1 is 1.61 bits per heavy atom. The number of carbonyl (C=O) groups is 1. The van der Waals surface area contributed by atoms with E-state index in [1.54, 1.807) is 6.20 Å². The highest BCUT2D eigenvalue weighted by molar-refractivity contribution is 7.21. The van der Waals surface area contributed by atoms with E-state index in [9.17, 15) is 4.79 Å². The Balaban J connectivity index is 1.90. The number of hydrogen-bond donors (Lipinski definition) is 2. The summed E-state index contributed by atoms with van der Waals surface area (Å²) in [5, 5.41) is 3.03. The van der Waals surface area contributed by atoms with Crippen LogP contribution >= 0.6 is 11.3 Å². The minimum absolute atomic E-state index is 0.0777. The summed E-state index contributed by atoms with van der Waals surface area (Å²) >= 11 is 1.40. The first-order chi connectivity index (χ1) is 8.49. The summed E-state index contributed by atoms with van der Waals surface area (Å²) in [6, 6.07) is 4.05. The number of nitrogen functional groups attached to an aromatic ring is 1. The van der Waals surface area contributed by atoms with Crippen molar-refractivity contribution in [1.29, 1.82) is 0 Å². The zero-order valence-electron chi connectivity index (χ0n) is 10.4. The summed E-state index contributed by atoms with van der Waals surface area (Å²) < 4.78 is 0.954. The largest absolute Gasteiger partial charge is 0.396 e. The topological polar surface area (TPSA) is 68.0 Å². The van der Waals surface area contributed by atoms with Crippen molar-refractivity contribution in [2.45, 2.75) is 26.3 Å². The van der Waals surface area contributed by atoms with Crippen LogP contribution in [0.15, 0.2) is 18.3 Å². The fourth-order valence-corrected chi connectivity index (χ4v) is 3.04. The molecule has 5 heteroatoms. The van der Waals surface area contributed by atoms with E-state index in [4.69, 9.17) is 5.73 Å². The molecule has 0 radical (unpaired) electrons. The van der Waals surface area contributed by atoms with E-state index in [0.717, 1.165) is 16.6 Å². The Hall–Kier alpha value is -1.62. The van der Waals surface area contributed by atoms with Crippen LogP contribution < -0.4 is 11.1 Å². The van der Waals surface area contributed by atoms with Gasteiger partial charge >= 0.3 is 0 Å². The normalized spacial score (nSPS) is 20.9. The Labute approximate surface area is 109 Å². The van der Waals surface area contributed by atoms with Crippen molar-refractivity contribution in [3.05, 3.63) is 23.2 Å². The molecule has 3 rings (SSSR count). The van der Waals surface area contributed by atoms with Crippen LogP contribution in [-0.2, 0) is 0 Å². The molecule has 0 aromatic carbocycles. The van der Waals surface area contributed by atoms with Gasteiger partial charge in [0.1, 0.15) is 10.4 Å². The molecule has 94 valence electrons. The number of hydrogen-bond acceptors (Lipinski definition) is 4. The third kappa shape index (κ3) is 1.75. The molecular formula is C13H15N3OS. The van der Waals surface area contributed by atoms with Gasteiger partial charge in [0.25, 0.3) is 5.91 Å². The lowest BCUT2D eigenvalue weighted by Crippen LogP contribution is -2.28. The summed E-state index contributed by atoms with van der Waals surface area (Å²) in [5.74, 6) is -0.0777. The average molecular weight is 261 g/mol. The number of anilines is 1. The Morgan fingerprint density at radius 2 is 2.33 bits per heavy atom. The molecule has 2 aromatic heterocycles. The predicted molar refractivity (Wildman–Crippen MR) is 73.7 cm³/mol. The highest BCUT2D eigenvalue weighted by Gasteiger charge is 2.46. The van der Waals surface area contributed by atoms with Gasteiger partial charge in [0.05, 0.1) is 10.4 Å². The standard InChI is InChI=1S/C13H15N3OS/c1-13(2)6-8(13)16-12(17)11-9(14)10-7(18-11)4-3-5-15-10/h3-5,8H,6,14H2,1-2H3,(H,16,17). The maximum Gasteiger partial charge on any atom is 0.263 e. The molecule has 1 aliphatic rings. The van der Waals surface area contributed by atoms with Crippen LogP contribution in [0.3, 0.4) is 0 Å². The van der Waals surface area contributed by atoms with Gasteiger partial charge in [0.2, 0.25) is 0 Å². The molecule has 1 amide bonds. The number of nitrogens with two attached hydrogens (primary N) is 1. The minimum Gasteiger partial charge on any atom is -0.396 e. The van der Waals surface area contributed by atoms with Crippen molar-refractivity contribution in [3.63, 3.8) is 0 Å². The van der Waals surface area contributed by atoms with Crippen LogP contribution in [0.4, 0.5) is 5.69 Å². The molecule has 1 atom stereocenters. The van der Waals surface area contributed by atoms with Gasteiger partial charge in [-0.15, -0.1) is 11.3 Å². The molecular weight excluding hydrogens is 246 g/mol. The molecule has 4 nitrogen and oxygen atoms in total. The van der Waals surface area contributed by atoms with Crippen molar-refractivity contribution < 1.29 is 4.79 Å². The SMILES string of the molecule is CC1(C)CC1NC(=O)c1sc2cccnc2c1N. The molecule has 1 saturated carbocycles. The molecule has 1 aliphatic carbocycles. The fourth-order valence-electron chi connectivity index (χ4n) is 2.05. The predicted octanol–water partition coefficient (Wildman–Crippen LogP) is 2.41. The molecule has 2 heterocycles. The quantitative estimate of drug-likeness (QED) is 0.872. The van der Waals surface area contributed by atoms with E-state index in [-0.39, 0.29) is 17.4 Å². The second kappa shape index (κ2) is 3.68.